The van der Waals surface area contributed by atoms with E-state index in [0.717, 1.165) is 10.4 Å². The first-order valence-electron chi connectivity index (χ1n) is 6.61. The Bertz CT molecular complexity index is 847. The zero-order valence-corrected chi connectivity index (χ0v) is 13.6. The van der Waals surface area contributed by atoms with Crippen LogP contribution in [0.5, 0.6) is 0 Å². The van der Waals surface area contributed by atoms with Gasteiger partial charge in [-0.25, -0.2) is 19.4 Å². The fraction of sp³-hybridized carbons (Fsp3) is 0.143. The quantitative estimate of drug-likeness (QED) is 0.735. The van der Waals surface area contributed by atoms with Gasteiger partial charge in [-0.05, 0) is 24.6 Å². The van der Waals surface area contributed by atoms with Gasteiger partial charge in [-0.2, -0.15) is 5.10 Å². The van der Waals surface area contributed by atoms with Crippen molar-refractivity contribution in [1.29, 1.82) is 0 Å². The molecule has 1 aromatic carbocycles. The number of nitrogens with zero attached hydrogens (tertiary/aromatic N) is 4. The summed E-state index contributed by atoms with van der Waals surface area (Å²) in [4.78, 5) is 20.4. The van der Waals surface area contributed by atoms with Crippen LogP contribution < -0.4 is 5.32 Å². The lowest BCUT2D eigenvalue weighted by Crippen LogP contribution is -2.09. The average molecular weight is 350 g/mol. The molecule has 0 spiro atoms. The molecule has 2 heterocycles. The number of anilines is 1. The molecular formula is C14H12ClN5O2S. The molecule has 0 unspecified atom stereocenters. The van der Waals surface area contributed by atoms with Crippen LogP contribution in [0.4, 0.5) is 5.69 Å². The minimum Gasteiger partial charge on any atom is -0.478 e. The number of rotatable bonds is 5. The van der Waals surface area contributed by atoms with Gasteiger partial charge in [-0.15, -0.1) is 11.3 Å². The summed E-state index contributed by atoms with van der Waals surface area (Å²) >= 11 is 7.15. The number of aryl methyl sites for hydroxylation is 1. The molecule has 118 valence electrons. The highest BCUT2D eigenvalue weighted by molar-refractivity contribution is 7.15. The molecule has 0 aliphatic rings. The van der Waals surface area contributed by atoms with Crippen molar-refractivity contribution in [1.82, 2.24) is 19.7 Å². The first-order chi connectivity index (χ1) is 11.0. The van der Waals surface area contributed by atoms with Crippen molar-refractivity contribution in [3.63, 3.8) is 0 Å². The zero-order valence-electron chi connectivity index (χ0n) is 12.0. The van der Waals surface area contributed by atoms with Crippen LogP contribution in [0, 0.1) is 6.92 Å². The number of carboxylic acid groups (broad SMARTS) is 1. The molecule has 0 saturated carbocycles. The lowest BCUT2D eigenvalue weighted by molar-refractivity contribution is 0.0697. The highest BCUT2D eigenvalue weighted by Gasteiger charge is 2.15. The molecule has 3 aromatic rings. The van der Waals surface area contributed by atoms with Crippen molar-refractivity contribution in [2.45, 2.75) is 13.5 Å². The molecule has 0 radical (unpaired) electrons. The van der Waals surface area contributed by atoms with Crippen molar-refractivity contribution >= 4 is 34.6 Å². The smallest absolute Gasteiger partial charge is 0.337 e. The van der Waals surface area contributed by atoms with E-state index < -0.39 is 5.97 Å². The Labute approximate surface area is 140 Å². The number of thiazole rings is 1. The molecule has 0 aliphatic heterocycles. The second kappa shape index (κ2) is 6.35. The number of benzene rings is 1. The van der Waals surface area contributed by atoms with Crippen LogP contribution in [0.25, 0.3) is 5.69 Å². The molecule has 0 saturated heterocycles. The van der Waals surface area contributed by atoms with Crippen LogP contribution in [-0.2, 0) is 6.54 Å². The van der Waals surface area contributed by atoms with Crippen LogP contribution >= 0.6 is 22.9 Å². The SMILES string of the molecule is Cc1cc(-n2cncn2)cc(C(=O)O)c1NCc1cnc(Cl)s1. The monoisotopic (exact) mass is 349 g/mol. The van der Waals surface area contributed by atoms with Crippen LogP contribution in [0.1, 0.15) is 20.8 Å². The first-order valence-corrected chi connectivity index (χ1v) is 7.81. The van der Waals surface area contributed by atoms with Gasteiger partial charge in [0.25, 0.3) is 0 Å². The normalized spacial score (nSPS) is 10.7. The number of halogens is 1. The molecule has 0 aliphatic carbocycles. The van der Waals surface area contributed by atoms with E-state index in [2.05, 4.69) is 20.4 Å². The van der Waals surface area contributed by atoms with Gasteiger partial charge in [0.2, 0.25) is 0 Å². The van der Waals surface area contributed by atoms with Crippen LogP contribution in [-0.4, -0.2) is 30.8 Å². The molecule has 2 N–H and O–H groups in total. The Morgan fingerprint density at radius 3 is 2.91 bits per heavy atom. The van der Waals surface area contributed by atoms with Crippen LogP contribution in [0.15, 0.2) is 31.0 Å². The predicted molar refractivity (Wildman–Crippen MR) is 87.5 cm³/mol. The number of aromatic nitrogens is 4. The molecule has 23 heavy (non-hydrogen) atoms. The first kappa shape index (κ1) is 15.4. The lowest BCUT2D eigenvalue weighted by Gasteiger charge is -2.14. The zero-order chi connectivity index (χ0) is 16.4. The Hall–Kier alpha value is -2.45. The maximum atomic E-state index is 11.6. The molecular weight excluding hydrogens is 338 g/mol. The van der Waals surface area contributed by atoms with Crippen molar-refractivity contribution in [3.05, 3.63) is 51.5 Å². The molecule has 0 fully saturated rings. The van der Waals surface area contributed by atoms with Gasteiger partial charge in [-0.3, -0.25) is 0 Å². The third-order valence-corrected chi connectivity index (χ3v) is 4.31. The molecule has 9 heteroatoms. The van der Waals surface area contributed by atoms with Gasteiger partial charge < -0.3 is 10.4 Å². The van der Waals surface area contributed by atoms with Crippen molar-refractivity contribution in [2.75, 3.05) is 5.32 Å². The summed E-state index contributed by atoms with van der Waals surface area (Å²) in [5.74, 6) is -1.01. The van der Waals surface area contributed by atoms with Gasteiger partial charge in [0.05, 0.1) is 23.5 Å². The molecule has 0 amide bonds. The topological polar surface area (TPSA) is 92.9 Å². The number of carboxylic acids is 1. The number of nitrogens with one attached hydrogen (secondary N) is 1. The summed E-state index contributed by atoms with van der Waals surface area (Å²) in [5, 5.41) is 16.7. The third-order valence-electron chi connectivity index (χ3n) is 3.20. The Morgan fingerprint density at radius 1 is 1.48 bits per heavy atom. The Balaban J connectivity index is 1.94. The van der Waals surface area contributed by atoms with E-state index in [1.807, 2.05) is 13.0 Å². The van der Waals surface area contributed by atoms with E-state index in [1.165, 1.54) is 28.7 Å². The third kappa shape index (κ3) is 3.33. The fourth-order valence-electron chi connectivity index (χ4n) is 2.19. The average Bonchev–Trinajstić information content (AvgIpc) is 3.16. The second-order valence-electron chi connectivity index (χ2n) is 4.76. The maximum Gasteiger partial charge on any atom is 0.337 e. The summed E-state index contributed by atoms with van der Waals surface area (Å²) in [5.41, 5.74) is 2.17. The molecule has 3 rings (SSSR count). The minimum absolute atomic E-state index is 0.172. The van der Waals surface area contributed by atoms with Crippen molar-refractivity contribution in [2.24, 2.45) is 0 Å². The van der Waals surface area contributed by atoms with Gasteiger partial charge in [-0.1, -0.05) is 11.6 Å². The van der Waals surface area contributed by atoms with Crippen molar-refractivity contribution < 1.29 is 9.90 Å². The van der Waals surface area contributed by atoms with Gasteiger partial charge in [0.15, 0.2) is 4.47 Å². The number of hydrogen-bond acceptors (Lipinski definition) is 6. The summed E-state index contributed by atoms with van der Waals surface area (Å²) < 4.78 is 1.98. The number of hydrogen-bond donors (Lipinski definition) is 2. The summed E-state index contributed by atoms with van der Waals surface area (Å²) in [6.45, 7) is 2.29. The van der Waals surface area contributed by atoms with Gasteiger partial charge in [0.1, 0.15) is 12.7 Å². The summed E-state index contributed by atoms with van der Waals surface area (Å²) in [6.07, 6.45) is 4.59. The summed E-state index contributed by atoms with van der Waals surface area (Å²) in [7, 11) is 0. The van der Waals surface area contributed by atoms with Crippen LogP contribution in [0.3, 0.4) is 0 Å². The second-order valence-corrected chi connectivity index (χ2v) is 6.46. The minimum atomic E-state index is -1.01. The highest BCUT2D eigenvalue weighted by atomic mass is 35.5. The lowest BCUT2D eigenvalue weighted by atomic mass is 10.1. The molecule has 0 atom stereocenters. The van der Waals surface area contributed by atoms with E-state index in [9.17, 15) is 9.90 Å². The largest absolute Gasteiger partial charge is 0.478 e. The van der Waals surface area contributed by atoms with Gasteiger partial charge >= 0.3 is 5.97 Å². The molecule has 2 aromatic heterocycles. The Kier molecular flexibility index (Phi) is 4.26. The van der Waals surface area contributed by atoms with Gasteiger partial charge in [0, 0.05) is 11.1 Å². The number of carbonyl (C=O) groups is 1. The number of aromatic carboxylic acids is 1. The molecule has 7 nitrogen and oxygen atoms in total. The standard InChI is InChI=1S/C14H12ClN5O2S/c1-8-2-9(20-7-16-6-19-20)3-11(13(21)22)12(8)17-4-10-5-18-14(15)23-10/h2-3,5-7,17H,4H2,1H3,(H,21,22). The predicted octanol–water partition coefficient (Wildman–Crippen LogP) is 3.00. The van der Waals surface area contributed by atoms with E-state index in [-0.39, 0.29) is 5.56 Å². The van der Waals surface area contributed by atoms with Crippen molar-refractivity contribution in [3.8, 4) is 5.69 Å². The highest BCUT2D eigenvalue weighted by Crippen LogP contribution is 2.26. The van der Waals surface area contributed by atoms with Crippen LogP contribution in [0.2, 0.25) is 4.47 Å². The van der Waals surface area contributed by atoms with E-state index >= 15 is 0 Å². The molecule has 0 bridgehead atoms. The van der Waals surface area contributed by atoms with E-state index in [4.69, 9.17) is 11.6 Å². The van der Waals surface area contributed by atoms with E-state index in [1.54, 1.807) is 12.3 Å². The summed E-state index contributed by atoms with van der Waals surface area (Å²) in [6, 6.07) is 3.41. The van der Waals surface area contributed by atoms with E-state index in [0.29, 0.717) is 22.4 Å². The maximum absolute atomic E-state index is 11.6. The fourth-order valence-corrected chi connectivity index (χ4v) is 3.10. The Morgan fingerprint density at radius 2 is 2.30 bits per heavy atom.